The molecular formula is C13H18N4S. The van der Waals surface area contributed by atoms with Crippen molar-refractivity contribution in [3.8, 4) is 0 Å². The van der Waals surface area contributed by atoms with Crippen molar-refractivity contribution in [3.05, 3.63) is 35.0 Å². The molecule has 2 aromatic rings. The zero-order valence-corrected chi connectivity index (χ0v) is 11.6. The van der Waals surface area contributed by atoms with Gasteiger partial charge in [-0.3, -0.25) is 4.98 Å². The van der Waals surface area contributed by atoms with E-state index >= 15 is 0 Å². The molecule has 0 aliphatic carbocycles. The lowest BCUT2D eigenvalue weighted by molar-refractivity contribution is 0.890. The van der Waals surface area contributed by atoms with E-state index in [9.17, 15) is 0 Å². The van der Waals surface area contributed by atoms with Crippen LogP contribution >= 0.6 is 11.3 Å². The number of thiazole rings is 1. The Balaban J connectivity index is 2.03. The van der Waals surface area contributed by atoms with E-state index in [-0.39, 0.29) is 0 Å². The Morgan fingerprint density at radius 1 is 1.39 bits per heavy atom. The van der Waals surface area contributed by atoms with Crippen molar-refractivity contribution in [2.24, 2.45) is 0 Å². The molecule has 2 heterocycles. The Hall–Kier alpha value is -1.62. The van der Waals surface area contributed by atoms with E-state index in [2.05, 4.69) is 45.6 Å². The molecule has 0 saturated heterocycles. The summed E-state index contributed by atoms with van der Waals surface area (Å²) in [5, 5.41) is 5.42. The van der Waals surface area contributed by atoms with Gasteiger partial charge in [-0.25, -0.2) is 4.98 Å². The highest BCUT2D eigenvalue weighted by atomic mass is 32.1. The molecule has 5 heteroatoms. The maximum Gasteiger partial charge on any atom is 0.0795 e. The molecule has 0 aromatic carbocycles. The first-order valence-electron chi connectivity index (χ1n) is 6.06. The Labute approximate surface area is 112 Å². The summed E-state index contributed by atoms with van der Waals surface area (Å²) in [4.78, 5) is 10.7. The van der Waals surface area contributed by atoms with Crippen LogP contribution in [0.5, 0.6) is 0 Å². The van der Waals surface area contributed by atoms with Gasteiger partial charge in [0.05, 0.1) is 41.5 Å². The van der Waals surface area contributed by atoms with E-state index in [0.29, 0.717) is 0 Å². The molecule has 1 N–H and O–H groups in total. The zero-order chi connectivity index (χ0) is 12.8. The number of aromatic nitrogens is 2. The van der Waals surface area contributed by atoms with E-state index in [0.717, 1.165) is 36.6 Å². The highest BCUT2D eigenvalue weighted by Crippen LogP contribution is 2.18. The fourth-order valence-corrected chi connectivity index (χ4v) is 2.20. The molecule has 0 bridgehead atoms. The Morgan fingerprint density at radius 2 is 2.28 bits per heavy atom. The van der Waals surface area contributed by atoms with Gasteiger partial charge in [-0.15, -0.1) is 11.3 Å². The van der Waals surface area contributed by atoms with Crippen LogP contribution < -0.4 is 10.2 Å². The van der Waals surface area contributed by atoms with Gasteiger partial charge < -0.3 is 10.2 Å². The fraction of sp³-hybridized carbons (Fsp3) is 0.385. The highest BCUT2D eigenvalue weighted by Gasteiger charge is 2.04. The van der Waals surface area contributed by atoms with Crippen molar-refractivity contribution < 1.29 is 0 Å². The summed E-state index contributed by atoms with van der Waals surface area (Å²) >= 11 is 1.63. The molecule has 0 spiro atoms. The van der Waals surface area contributed by atoms with Crippen LogP contribution in [-0.4, -0.2) is 23.6 Å². The van der Waals surface area contributed by atoms with Crippen molar-refractivity contribution in [1.82, 2.24) is 9.97 Å². The van der Waals surface area contributed by atoms with Crippen molar-refractivity contribution >= 4 is 22.7 Å². The third kappa shape index (κ3) is 3.43. The lowest BCUT2D eigenvalue weighted by Gasteiger charge is -2.18. The molecule has 2 aromatic heterocycles. The number of pyridine rings is 1. The molecule has 0 saturated carbocycles. The average molecular weight is 262 g/mol. The molecule has 0 radical (unpaired) electrons. The van der Waals surface area contributed by atoms with Gasteiger partial charge in [0.2, 0.25) is 0 Å². The number of hydrogen-bond acceptors (Lipinski definition) is 5. The quantitative estimate of drug-likeness (QED) is 0.869. The van der Waals surface area contributed by atoms with Crippen LogP contribution in [0.3, 0.4) is 0 Å². The maximum atomic E-state index is 4.29. The number of nitrogens with one attached hydrogen (secondary N) is 1. The van der Waals surface area contributed by atoms with Gasteiger partial charge in [0.1, 0.15) is 0 Å². The topological polar surface area (TPSA) is 41.1 Å². The van der Waals surface area contributed by atoms with Crippen molar-refractivity contribution in [3.63, 3.8) is 0 Å². The van der Waals surface area contributed by atoms with E-state index in [1.54, 1.807) is 11.3 Å². The summed E-state index contributed by atoms with van der Waals surface area (Å²) in [6.07, 6.45) is 4.85. The van der Waals surface area contributed by atoms with Gasteiger partial charge in [0.15, 0.2) is 0 Å². The van der Waals surface area contributed by atoms with Crippen LogP contribution in [0.25, 0.3) is 0 Å². The molecule has 18 heavy (non-hydrogen) atoms. The summed E-state index contributed by atoms with van der Waals surface area (Å²) in [5.74, 6) is 0. The van der Waals surface area contributed by atoms with Gasteiger partial charge in [0, 0.05) is 19.0 Å². The molecule has 0 fully saturated rings. The van der Waals surface area contributed by atoms with Crippen LogP contribution in [-0.2, 0) is 6.54 Å². The molecular weight excluding hydrogens is 244 g/mol. The molecule has 0 aliphatic rings. The largest absolute Gasteiger partial charge is 0.384 e. The lowest BCUT2D eigenvalue weighted by Crippen LogP contribution is -2.17. The number of nitrogens with zero attached hydrogens (tertiary/aromatic N) is 3. The Kier molecular flexibility index (Phi) is 4.52. The highest BCUT2D eigenvalue weighted by molar-refractivity contribution is 7.07. The second-order valence-electron chi connectivity index (χ2n) is 4.19. The standard InChI is InChI=1S/C13H18N4S/c1-3-4-15-11-5-13(7-14-6-11)17(2)8-12-9-18-10-16-12/h5-7,9-10,15H,3-4,8H2,1-2H3. The first kappa shape index (κ1) is 12.8. The fourth-order valence-electron chi connectivity index (χ4n) is 1.65. The van der Waals surface area contributed by atoms with Crippen LogP contribution in [0.15, 0.2) is 29.4 Å². The van der Waals surface area contributed by atoms with Crippen molar-refractivity contribution in [2.45, 2.75) is 19.9 Å². The number of rotatable bonds is 6. The number of hydrogen-bond donors (Lipinski definition) is 1. The molecule has 0 aliphatic heterocycles. The smallest absolute Gasteiger partial charge is 0.0795 e. The van der Waals surface area contributed by atoms with Gasteiger partial charge in [-0.2, -0.15) is 0 Å². The summed E-state index contributed by atoms with van der Waals surface area (Å²) in [5.41, 5.74) is 5.12. The van der Waals surface area contributed by atoms with Gasteiger partial charge in [-0.1, -0.05) is 6.92 Å². The van der Waals surface area contributed by atoms with E-state index in [4.69, 9.17) is 0 Å². The van der Waals surface area contributed by atoms with Crippen molar-refractivity contribution in [1.29, 1.82) is 0 Å². The Bertz CT molecular complexity index is 470. The van der Waals surface area contributed by atoms with Gasteiger partial charge in [0.25, 0.3) is 0 Å². The normalized spacial score (nSPS) is 10.3. The van der Waals surface area contributed by atoms with E-state index in [1.807, 2.05) is 17.9 Å². The van der Waals surface area contributed by atoms with Crippen LogP contribution in [0.1, 0.15) is 19.0 Å². The molecule has 0 amide bonds. The van der Waals surface area contributed by atoms with Gasteiger partial charge >= 0.3 is 0 Å². The molecule has 0 unspecified atom stereocenters. The third-order valence-corrected chi connectivity index (χ3v) is 3.26. The van der Waals surface area contributed by atoms with Gasteiger partial charge in [-0.05, 0) is 12.5 Å². The first-order valence-corrected chi connectivity index (χ1v) is 7.01. The summed E-state index contributed by atoms with van der Waals surface area (Å²) in [6.45, 7) is 3.93. The minimum atomic E-state index is 0.808. The first-order chi connectivity index (χ1) is 8.79. The predicted octanol–water partition coefficient (Wildman–Crippen LogP) is 3.00. The minimum Gasteiger partial charge on any atom is -0.384 e. The van der Waals surface area contributed by atoms with Crippen LogP contribution in [0.4, 0.5) is 11.4 Å². The van der Waals surface area contributed by atoms with Crippen molar-refractivity contribution in [2.75, 3.05) is 23.8 Å². The monoisotopic (exact) mass is 262 g/mol. The third-order valence-electron chi connectivity index (χ3n) is 2.63. The second kappa shape index (κ2) is 6.35. The van der Waals surface area contributed by atoms with E-state index in [1.165, 1.54) is 0 Å². The van der Waals surface area contributed by atoms with E-state index < -0.39 is 0 Å². The second-order valence-corrected chi connectivity index (χ2v) is 4.91. The predicted molar refractivity (Wildman–Crippen MR) is 77.2 cm³/mol. The Morgan fingerprint density at radius 3 is 3.00 bits per heavy atom. The molecule has 0 atom stereocenters. The SMILES string of the molecule is CCCNc1cncc(N(C)Cc2cscn2)c1. The molecule has 4 nitrogen and oxygen atoms in total. The summed E-state index contributed by atoms with van der Waals surface area (Å²) in [7, 11) is 2.06. The summed E-state index contributed by atoms with van der Waals surface area (Å²) < 4.78 is 0. The lowest BCUT2D eigenvalue weighted by atomic mass is 10.3. The summed E-state index contributed by atoms with van der Waals surface area (Å²) in [6, 6.07) is 2.12. The van der Waals surface area contributed by atoms with Crippen LogP contribution in [0.2, 0.25) is 0 Å². The zero-order valence-electron chi connectivity index (χ0n) is 10.8. The maximum absolute atomic E-state index is 4.29. The van der Waals surface area contributed by atoms with Crippen LogP contribution in [0, 0.1) is 0 Å². The number of anilines is 2. The average Bonchev–Trinajstić information content (AvgIpc) is 2.89. The molecule has 2 rings (SSSR count). The molecule has 96 valence electrons. The minimum absolute atomic E-state index is 0.808.